The molecular weight excluding hydrogens is 298 g/mol. The highest BCUT2D eigenvalue weighted by Crippen LogP contribution is 2.47. The fourth-order valence-electron chi connectivity index (χ4n) is 2.83. The number of benzene rings is 1. The van der Waals surface area contributed by atoms with Crippen molar-refractivity contribution in [3.05, 3.63) is 78.3 Å². The molecule has 24 heavy (non-hydrogen) atoms. The molecule has 0 spiro atoms. The Morgan fingerprint density at radius 2 is 2.04 bits per heavy atom. The minimum atomic E-state index is -0.0449. The molecule has 0 bridgehead atoms. The third kappa shape index (κ3) is 4.05. The number of hydrogen-bond donors (Lipinski definition) is 0. The second-order valence-corrected chi connectivity index (χ2v) is 6.39. The second-order valence-electron chi connectivity index (χ2n) is 6.39. The zero-order valence-electron chi connectivity index (χ0n) is 14.0. The molecule has 3 heteroatoms. The van der Waals surface area contributed by atoms with Crippen LogP contribution < -0.4 is 0 Å². The smallest absolute Gasteiger partial charge is 0.247 e. The molecule has 1 amide bonds. The van der Waals surface area contributed by atoms with Gasteiger partial charge < -0.3 is 9.32 Å². The highest BCUT2D eigenvalue weighted by atomic mass is 16.3. The van der Waals surface area contributed by atoms with E-state index in [1.165, 1.54) is 6.42 Å². The number of carbonyl (C=O) groups excluding carboxylic acids is 1. The zero-order chi connectivity index (χ0) is 16.9. The van der Waals surface area contributed by atoms with Crippen LogP contribution in [-0.2, 0) is 11.3 Å². The van der Waals surface area contributed by atoms with Crippen LogP contribution in [0.4, 0.5) is 0 Å². The molecule has 1 aliphatic rings. The van der Waals surface area contributed by atoms with Gasteiger partial charge in [0.05, 0.1) is 0 Å². The Morgan fingerprint density at radius 3 is 2.71 bits per heavy atom. The highest BCUT2D eigenvalue weighted by molar-refractivity contribution is 5.91. The zero-order valence-corrected chi connectivity index (χ0v) is 14.0. The number of carbonyl (C=O) groups is 1. The van der Waals surface area contributed by atoms with Gasteiger partial charge in [-0.25, -0.2) is 0 Å². The van der Waals surface area contributed by atoms with Gasteiger partial charge in [0, 0.05) is 25.1 Å². The Bertz CT molecular complexity index is 729. The van der Waals surface area contributed by atoms with E-state index in [0.717, 1.165) is 17.1 Å². The molecule has 1 aromatic heterocycles. The molecule has 124 valence electrons. The molecule has 1 aromatic carbocycles. The molecule has 0 N–H and O–H groups in total. The van der Waals surface area contributed by atoms with E-state index in [4.69, 9.17) is 4.42 Å². The lowest BCUT2D eigenvalue weighted by Gasteiger charge is -2.19. The molecule has 0 radical (unpaired) electrons. The Balaban J connectivity index is 1.64. The monoisotopic (exact) mass is 321 g/mol. The maximum Gasteiger partial charge on any atom is 0.247 e. The Morgan fingerprint density at radius 1 is 1.29 bits per heavy atom. The van der Waals surface area contributed by atoms with E-state index in [1.807, 2.05) is 42.5 Å². The lowest BCUT2D eigenvalue weighted by atomic mass is 10.2. The molecule has 3 nitrogen and oxygen atoms in total. The van der Waals surface area contributed by atoms with Gasteiger partial charge in [-0.15, -0.1) is 6.58 Å². The van der Waals surface area contributed by atoms with Crippen LogP contribution in [0, 0.1) is 5.92 Å². The van der Waals surface area contributed by atoms with Crippen LogP contribution in [0.25, 0.3) is 6.08 Å². The molecule has 1 saturated carbocycles. The highest BCUT2D eigenvalue weighted by Gasteiger charge is 2.36. The summed E-state index contributed by atoms with van der Waals surface area (Å²) in [5.74, 6) is 2.98. The van der Waals surface area contributed by atoms with Crippen molar-refractivity contribution in [3.8, 4) is 0 Å². The average molecular weight is 321 g/mol. The first-order valence-electron chi connectivity index (χ1n) is 8.39. The largest absolute Gasteiger partial charge is 0.461 e. The van der Waals surface area contributed by atoms with Crippen LogP contribution in [-0.4, -0.2) is 17.4 Å². The van der Waals surface area contributed by atoms with Gasteiger partial charge in [-0.05, 0) is 36.1 Å². The van der Waals surface area contributed by atoms with Gasteiger partial charge in [-0.1, -0.05) is 43.3 Å². The van der Waals surface area contributed by atoms with Gasteiger partial charge in [0.2, 0.25) is 5.91 Å². The summed E-state index contributed by atoms with van der Waals surface area (Å²) in [6.45, 7) is 7.05. The third-order valence-corrected chi connectivity index (χ3v) is 4.39. The van der Waals surface area contributed by atoms with Crippen LogP contribution >= 0.6 is 0 Å². The minimum Gasteiger partial charge on any atom is -0.461 e. The predicted octanol–water partition coefficient (Wildman–Crippen LogP) is 4.63. The first kappa shape index (κ1) is 16.3. The number of nitrogens with zero attached hydrogens (tertiary/aromatic N) is 1. The number of rotatable bonds is 7. The summed E-state index contributed by atoms with van der Waals surface area (Å²) in [5.41, 5.74) is 1.10. The van der Waals surface area contributed by atoms with Gasteiger partial charge in [-0.2, -0.15) is 0 Å². The van der Waals surface area contributed by atoms with E-state index in [0.29, 0.717) is 24.9 Å². The lowest BCUT2D eigenvalue weighted by molar-refractivity contribution is -0.126. The summed E-state index contributed by atoms with van der Waals surface area (Å²) >= 11 is 0. The van der Waals surface area contributed by atoms with E-state index >= 15 is 0 Å². The molecule has 0 saturated heterocycles. The maximum atomic E-state index is 12.5. The van der Waals surface area contributed by atoms with Crippen molar-refractivity contribution in [2.45, 2.75) is 25.8 Å². The van der Waals surface area contributed by atoms with E-state index in [2.05, 4.69) is 13.5 Å². The number of amides is 1. The Hall–Kier alpha value is -2.55. The van der Waals surface area contributed by atoms with Crippen LogP contribution in [0.3, 0.4) is 0 Å². The molecule has 2 unspecified atom stereocenters. The summed E-state index contributed by atoms with van der Waals surface area (Å²) in [4.78, 5) is 14.2. The fraction of sp³-hybridized carbons (Fsp3) is 0.286. The van der Waals surface area contributed by atoms with E-state index in [-0.39, 0.29) is 5.91 Å². The number of furan rings is 1. The maximum absolute atomic E-state index is 12.5. The molecule has 3 rings (SSSR count). The minimum absolute atomic E-state index is 0.0449. The molecule has 2 aromatic rings. The summed E-state index contributed by atoms with van der Waals surface area (Å²) in [6.07, 6.45) is 6.26. The van der Waals surface area contributed by atoms with E-state index < -0.39 is 0 Å². The van der Waals surface area contributed by atoms with E-state index in [9.17, 15) is 4.79 Å². The van der Waals surface area contributed by atoms with Gasteiger partial charge in [0.15, 0.2) is 0 Å². The quantitative estimate of drug-likeness (QED) is 0.550. The number of hydrogen-bond acceptors (Lipinski definition) is 2. The van der Waals surface area contributed by atoms with Crippen molar-refractivity contribution in [2.75, 3.05) is 6.54 Å². The fourth-order valence-corrected chi connectivity index (χ4v) is 2.83. The molecule has 1 heterocycles. The van der Waals surface area contributed by atoms with Gasteiger partial charge >= 0.3 is 0 Å². The van der Waals surface area contributed by atoms with Crippen molar-refractivity contribution < 1.29 is 9.21 Å². The summed E-state index contributed by atoms with van der Waals surface area (Å²) in [7, 11) is 0. The first-order chi connectivity index (χ1) is 11.7. The van der Waals surface area contributed by atoms with Crippen molar-refractivity contribution in [1.29, 1.82) is 0 Å². The summed E-state index contributed by atoms with van der Waals surface area (Å²) < 4.78 is 5.81. The van der Waals surface area contributed by atoms with Gasteiger partial charge in [-0.3, -0.25) is 4.79 Å². The first-order valence-corrected chi connectivity index (χ1v) is 8.39. The van der Waals surface area contributed by atoms with Crippen molar-refractivity contribution in [2.24, 2.45) is 5.92 Å². The van der Waals surface area contributed by atoms with E-state index in [1.54, 1.807) is 23.1 Å². The second kappa shape index (κ2) is 7.35. The van der Waals surface area contributed by atoms with Gasteiger partial charge in [0.25, 0.3) is 0 Å². The van der Waals surface area contributed by atoms with Crippen LogP contribution in [0.2, 0.25) is 0 Å². The van der Waals surface area contributed by atoms with Crippen molar-refractivity contribution >= 4 is 12.0 Å². The molecular formula is C21H23NO2. The van der Waals surface area contributed by atoms with Crippen molar-refractivity contribution in [1.82, 2.24) is 4.90 Å². The standard InChI is InChI=1S/C21H23NO2/c1-3-13-22(15-17-7-5-4-6-8-17)21(23)12-10-18-9-11-20(24-18)19-14-16(19)2/h3-12,16,19H,1,13-15H2,2H3/b12-10+. The lowest BCUT2D eigenvalue weighted by Crippen LogP contribution is -2.29. The van der Waals surface area contributed by atoms with Crippen molar-refractivity contribution in [3.63, 3.8) is 0 Å². The normalized spacial score (nSPS) is 19.4. The molecule has 1 fully saturated rings. The van der Waals surface area contributed by atoms with Crippen LogP contribution in [0.5, 0.6) is 0 Å². The Labute approximate surface area is 143 Å². The van der Waals surface area contributed by atoms with Crippen LogP contribution in [0.1, 0.15) is 36.3 Å². The topological polar surface area (TPSA) is 33.5 Å². The van der Waals surface area contributed by atoms with Gasteiger partial charge in [0.1, 0.15) is 11.5 Å². The molecule has 1 aliphatic carbocycles. The average Bonchev–Trinajstić information content (AvgIpc) is 3.14. The predicted molar refractivity (Wildman–Crippen MR) is 96.3 cm³/mol. The Kier molecular flexibility index (Phi) is 4.99. The molecule has 2 atom stereocenters. The summed E-state index contributed by atoms with van der Waals surface area (Å²) in [6, 6.07) is 13.9. The molecule has 0 aliphatic heterocycles. The summed E-state index contributed by atoms with van der Waals surface area (Å²) in [5, 5.41) is 0. The SMILES string of the molecule is C=CCN(Cc1ccccc1)C(=O)/C=C/c1ccc(C2CC2C)o1. The third-order valence-electron chi connectivity index (χ3n) is 4.39. The van der Waals surface area contributed by atoms with Crippen LogP contribution in [0.15, 0.2) is 65.6 Å².